The maximum Gasteiger partial charge on any atom is 0.325 e. The number of urea groups is 1. The van der Waals surface area contributed by atoms with Gasteiger partial charge in [0, 0.05) is 18.8 Å². The minimum atomic E-state index is -3.67. The van der Waals surface area contributed by atoms with Gasteiger partial charge in [-0.15, -0.1) is 0 Å². The van der Waals surface area contributed by atoms with Gasteiger partial charge in [0.1, 0.15) is 12.1 Å². The van der Waals surface area contributed by atoms with E-state index in [0.29, 0.717) is 37.2 Å². The third-order valence-electron chi connectivity index (χ3n) is 7.16. The molecule has 0 radical (unpaired) electrons. The largest absolute Gasteiger partial charge is 0.325 e. The molecule has 2 aliphatic heterocycles. The quantitative estimate of drug-likeness (QED) is 0.617. The first-order valence-electron chi connectivity index (χ1n) is 11.9. The van der Waals surface area contributed by atoms with E-state index in [1.807, 2.05) is 24.3 Å². The van der Waals surface area contributed by atoms with Crippen molar-refractivity contribution in [2.45, 2.75) is 49.5 Å². The van der Waals surface area contributed by atoms with Crippen LogP contribution in [-0.2, 0) is 31.6 Å². The number of hydrogen-bond acceptors (Lipinski definition) is 5. The Morgan fingerprint density at radius 1 is 1.09 bits per heavy atom. The number of piperidine rings is 1. The number of nitrogens with zero attached hydrogens (tertiary/aromatic N) is 2. The van der Waals surface area contributed by atoms with E-state index in [0.717, 1.165) is 35.3 Å². The van der Waals surface area contributed by atoms with Crippen molar-refractivity contribution >= 4 is 33.6 Å². The normalized spacial score (nSPS) is 22.4. The molecule has 1 spiro atoms. The number of benzene rings is 2. The first kappa shape index (κ1) is 23.5. The molecular formula is C25H28N4O5S. The van der Waals surface area contributed by atoms with Crippen LogP contribution in [0.15, 0.2) is 47.4 Å². The molecule has 4 amide bonds. The van der Waals surface area contributed by atoms with Crippen LogP contribution >= 0.6 is 0 Å². The van der Waals surface area contributed by atoms with E-state index in [1.54, 1.807) is 13.0 Å². The average molecular weight is 497 g/mol. The molecule has 2 aromatic carbocycles. The van der Waals surface area contributed by atoms with Crippen LogP contribution in [0.25, 0.3) is 0 Å². The van der Waals surface area contributed by atoms with Gasteiger partial charge >= 0.3 is 6.03 Å². The number of carbonyl (C=O) groups is 3. The summed E-state index contributed by atoms with van der Waals surface area (Å²) in [5.41, 5.74) is 1.66. The summed E-state index contributed by atoms with van der Waals surface area (Å²) in [5.74, 6) is -1.02. The molecule has 0 unspecified atom stereocenters. The number of sulfonamides is 1. The molecule has 0 aromatic heterocycles. The molecule has 2 N–H and O–H groups in total. The number of rotatable bonds is 5. The Morgan fingerprint density at radius 2 is 1.83 bits per heavy atom. The van der Waals surface area contributed by atoms with Gasteiger partial charge in [0.05, 0.1) is 4.90 Å². The number of nitrogens with one attached hydrogen (secondary N) is 2. The van der Waals surface area contributed by atoms with Crippen molar-refractivity contribution in [1.82, 2.24) is 14.5 Å². The predicted octanol–water partition coefficient (Wildman–Crippen LogP) is 2.50. The van der Waals surface area contributed by atoms with Crippen LogP contribution in [0.5, 0.6) is 0 Å². The van der Waals surface area contributed by atoms with Gasteiger partial charge in [-0.2, -0.15) is 4.31 Å². The Morgan fingerprint density at radius 3 is 2.60 bits per heavy atom. The van der Waals surface area contributed by atoms with Gasteiger partial charge in [-0.3, -0.25) is 14.5 Å². The number of anilines is 1. The SMILES string of the molecule is Cc1ccc(S(=O)(=O)N2CCCCC2)cc1NC(=O)CN1C(=O)N[C@]2(CCc3ccccc32)C1=O. The molecule has 1 aliphatic carbocycles. The minimum absolute atomic E-state index is 0.108. The summed E-state index contributed by atoms with van der Waals surface area (Å²) >= 11 is 0. The fraction of sp³-hybridized carbons (Fsp3) is 0.400. The summed E-state index contributed by atoms with van der Waals surface area (Å²) in [6.45, 7) is 2.26. The molecule has 3 aliphatic rings. The molecular weight excluding hydrogens is 468 g/mol. The standard InChI is InChI=1S/C25H28N4O5S/c1-17-9-10-19(35(33,34)28-13-5-2-6-14-28)15-21(17)26-22(30)16-29-23(31)25(27-24(29)32)12-11-18-7-3-4-8-20(18)25/h3-4,7-10,15H,2,5-6,11-14,16H2,1H3,(H,26,30)(H,27,32)/t25-/m0/s1. The summed E-state index contributed by atoms with van der Waals surface area (Å²) in [4.78, 5) is 39.9. The molecule has 10 heteroatoms. The second kappa shape index (κ2) is 8.76. The van der Waals surface area contributed by atoms with Crippen LogP contribution in [0.3, 0.4) is 0 Å². The van der Waals surface area contributed by atoms with E-state index in [1.165, 1.54) is 16.4 Å². The van der Waals surface area contributed by atoms with Gasteiger partial charge in [0.2, 0.25) is 15.9 Å². The number of hydrogen-bond donors (Lipinski definition) is 2. The number of amides is 4. The van der Waals surface area contributed by atoms with Crippen molar-refractivity contribution in [3.8, 4) is 0 Å². The van der Waals surface area contributed by atoms with Crippen LogP contribution in [0.4, 0.5) is 10.5 Å². The van der Waals surface area contributed by atoms with Gasteiger partial charge in [0.15, 0.2) is 0 Å². The highest BCUT2D eigenvalue weighted by Crippen LogP contribution is 2.41. The Balaban J connectivity index is 1.32. The van der Waals surface area contributed by atoms with Gasteiger partial charge in [-0.05, 0) is 61.4 Å². The van der Waals surface area contributed by atoms with Gasteiger partial charge in [-0.1, -0.05) is 36.8 Å². The molecule has 2 fully saturated rings. The Kier molecular flexibility index (Phi) is 5.88. The van der Waals surface area contributed by atoms with Crippen molar-refractivity contribution in [2.24, 2.45) is 0 Å². The first-order valence-corrected chi connectivity index (χ1v) is 13.3. The zero-order valence-electron chi connectivity index (χ0n) is 19.5. The Labute approximate surface area is 204 Å². The topological polar surface area (TPSA) is 116 Å². The molecule has 2 heterocycles. The van der Waals surface area contributed by atoms with Crippen molar-refractivity contribution in [3.05, 3.63) is 59.2 Å². The van der Waals surface area contributed by atoms with Gasteiger partial charge in [0.25, 0.3) is 5.91 Å². The zero-order chi connectivity index (χ0) is 24.8. The minimum Gasteiger partial charge on any atom is -0.324 e. The number of imide groups is 1. The smallest absolute Gasteiger partial charge is 0.324 e. The zero-order valence-corrected chi connectivity index (χ0v) is 20.4. The number of fused-ring (bicyclic) bond motifs is 2. The predicted molar refractivity (Wildman–Crippen MR) is 129 cm³/mol. The maximum absolute atomic E-state index is 13.3. The van der Waals surface area contributed by atoms with Crippen LogP contribution in [0.1, 0.15) is 42.4 Å². The fourth-order valence-electron chi connectivity index (χ4n) is 5.22. The molecule has 0 saturated carbocycles. The van der Waals surface area contributed by atoms with Crippen LogP contribution in [-0.4, -0.2) is 55.1 Å². The van der Waals surface area contributed by atoms with Crippen LogP contribution < -0.4 is 10.6 Å². The van der Waals surface area contributed by atoms with Crippen LogP contribution in [0, 0.1) is 6.92 Å². The summed E-state index contributed by atoms with van der Waals surface area (Å²) in [6, 6.07) is 11.5. The summed E-state index contributed by atoms with van der Waals surface area (Å²) in [7, 11) is -3.67. The lowest BCUT2D eigenvalue weighted by molar-refractivity contribution is -0.134. The maximum atomic E-state index is 13.3. The third-order valence-corrected chi connectivity index (χ3v) is 9.05. The molecule has 2 saturated heterocycles. The van der Waals surface area contributed by atoms with E-state index in [9.17, 15) is 22.8 Å². The lowest BCUT2D eigenvalue weighted by Gasteiger charge is -2.26. The number of carbonyl (C=O) groups excluding carboxylic acids is 3. The van der Waals surface area contributed by atoms with Crippen molar-refractivity contribution < 1.29 is 22.8 Å². The second-order valence-electron chi connectivity index (χ2n) is 9.37. The monoisotopic (exact) mass is 496 g/mol. The Bertz CT molecular complexity index is 1320. The highest BCUT2D eigenvalue weighted by molar-refractivity contribution is 7.89. The van der Waals surface area contributed by atoms with Crippen molar-refractivity contribution in [2.75, 3.05) is 25.0 Å². The molecule has 0 bridgehead atoms. The molecule has 35 heavy (non-hydrogen) atoms. The van der Waals surface area contributed by atoms with E-state index in [4.69, 9.17) is 0 Å². The summed E-state index contributed by atoms with van der Waals surface area (Å²) < 4.78 is 27.6. The van der Waals surface area contributed by atoms with E-state index >= 15 is 0 Å². The molecule has 9 nitrogen and oxygen atoms in total. The van der Waals surface area contributed by atoms with E-state index < -0.39 is 40.0 Å². The van der Waals surface area contributed by atoms with Crippen LogP contribution in [0.2, 0.25) is 0 Å². The van der Waals surface area contributed by atoms with Gasteiger partial charge in [-0.25, -0.2) is 13.2 Å². The summed E-state index contributed by atoms with van der Waals surface area (Å²) in [5, 5.41) is 5.50. The van der Waals surface area contributed by atoms with E-state index in [-0.39, 0.29) is 4.90 Å². The van der Waals surface area contributed by atoms with Gasteiger partial charge < -0.3 is 10.6 Å². The molecule has 2 aromatic rings. The fourth-order valence-corrected chi connectivity index (χ4v) is 6.76. The highest BCUT2D eigenvalue weighted by Gasteiger charge is 2.55. The molecule has 184 valence electrons. The average Bonchev–Trinajstić information content (AvgIpc) is 3.34. The highest BCUT2D eigenvalue weighted by atomic mass is 32.2. The van der Waals surface area contributed by atoms with Crippen molar-refractivity contribution in [1.29, 1.82) is 0 Å². The Hall–Kier alpha value is -3.24. The molecule has 5 rings (SSSR count). The third kappa shape index (κ3) is 4.00. The van der Waals surface area contributed by atoms with Crippen molar-refractivity contribution in [3.63, 3.8) is 0 Å². The second-order valence-corrected chi connectivity index (χ2v) is 11.3. The molecule has 1 atom stereocenters. The summed E-state index contributed by atoms with van der Waals surface area (Å²) in [6.07, 6.45) is 3.78. The lowest BCUT2D eigenvalue weighted by atomic mass is 9.92. The first-order chi connectivity index (χ1) is 16.7. The lowest BCUT2D eigenvalue weighted by Crippen LogP contribution is -2.43. The van der Waals surface area contributed by atoms with E-state index in [2.05, 4.69) is 10.6 Å². The number of aryl methyl sites for hydroxylation is 2.